The van der Waals surface area contributed by atoms with Crippen LogP contribution in [0.15, 0.2) is 12.2 Å². The third-order valence-electron chi connectivity index (χ3n) is 4.32. The van der Waals surface area contributed by atoms with Crippen LogP contribution in [0.4, 0.5) is 0 Å². The van der Waals surface area contributed by atoms with Crippen molar-refractivity contribution in [1.29, 1.82) is 0 Å². The molecule has 0 aliphatic heterocycles. The van der Waals surface area contributed by atoms with Gasteiger partial charge in [-0.3, -0.25) is 0 Å². The van der Waals surface area contributed by atoms with Gasteiger partial charge in [0.25, 0.3) is 0 Å². The van der Waals surface area contributed by atoms with Crippen LogP contribution in [0.2, 0.25) is 0 Å². The fourth-order valence-electron chi connectivity index (χ4n) is 2.74. The summed E-state index contributed by atoms with van der Waals surface area (Å²) < 4.78 is 0. The Bertz CT molecular complexity index is 238. The van der Waals surface area contributed by atoms with Crippen molar-refractivity contribution < 1.29 is 10.2 Å². The molecule has 2 N–H and O–H groups in total. The predicted molar refractivity (Wildman–Crippen MR) is 101 cm³/mol. The Morgan fingerprint density at radius 3 is 1.70 bits per heavy atom. The molecule has 0 aliphatic rings. The van der Waals surface area contributed by atoms with Crippen molar-refractivity contribution in [3.8, 4) is 0 Å². The second kappa shape index (κ2) is 19.7. The van der Waals surface area contributed by atoms with Crippen LogP contribution < -0.4 is 0 Å². The summed E-state index contributed by atoms with van der Waals surface area (Å²) in [6.45, 7) is 2.15. The van der Waals surface area contributed by atoms with Gasteiger partial charge in [0.1, 0.15) is 0 Å². The van der Waals surface area contributed by atoms with Crippen molar-refractivity contribution in [2.24, 2.45) is 0 Å². The third kappa shape index (κ3) is 19.6. The van der Waals surface area contributed by atoms with Gasteiger partial charge in [0.15, 0.2) is 0 Å². The first-order chi connectivity index (χ1) is 11.3. The molecule has 0 bridgehead atoms. The topological polar surface area (TPSA) is 40.5 Å². The number of aliphatic hydroxyl groups is 2. The summed E-state index contributed by atoms with van der Waals surface area (Å²) in [5, 5.41) is 17.9. The van der Waals surface area contributed by atoms with E-state index in [-0.39, 0.29) is 6.61 Å². The number of allylic oxidation sites excluding steroid dienone is 2. The Balaban J connectivity index is 3.08. The van der Waals surface area contributed by atoms with Gasteiger partial charge in [0.2, 0.25) is 0 Å². The van der Waals surface area contributed by atoms with E-state index in [0.29, 0.717) is 6.42 Å². The zero-order valence-electron chi connectivity index (χ0n) is 15.5. The number of aliphatic hydroxyl groups excluding tert-OH is 2. The van der Waals surface area contributed by atoms with E-state index >= 15 is 0 Å². The molecule has 137 valence electrons. The molecule has 0 saturated heterocycles. The smallest absolute Gasteiger partial charge is 0.0773 e. The molecule has 23 heavy (non-hydrogen) atoms. The Morgan fingerprint density at radius 2 is 1.17 bits per heavy atom. The Morgan fingerprint density at radius 1 is 0.696 bits per heavy atom. The first-order valence-corrected chi connectivity index (χ1v) is 10.1. The highest BCUT2D eigenvalue weighted by molar-refractivity contribution is 4.81. The quantitative estimate of drug-likeness (QED) is 0.241. The van der Waals surface area contributed by atoms with Gasteiger partial charge in [0, 0.05) is 0 Å². The van der Waals surface area contributed by atoms with Crippen LogP contribution in [0.25, 0.3) is 0 Å². The molecule has 0 aromatic heterocycles. The van der Waals surface area contributed by atoms with Crippen LogP contribution in [-0.2, 0) is 0 Å². The van der Waals surface area contributed by atoms with Crippen LogP contribution in [0.5, 0.6) is 0 Å². The van der Waals surface area contributed by atoms with Gasteiger partial charge in [-0.05, 0) is 38.5 Å². The zero-order valence-corrected chi connectivity index (χ0v) is 15.5. The van der Waals surface area contributed by atoms with Gasteiger partial charge in [-0.2, -0.15) is 0 Å². The molecule has 0 aromatic carbocycles. The van der Waals surface area contributed by atoms with E-state index in [1.54, 1.807) is 0 Å². The lowest BCUT2D eigenvalue weighted by Gasteiger charge is -2.05. The monoisotopic (exact) mass is 325 g/mol. The summed E-state index contributed by atoms with van der Waals surface area (Å²) in [7, 11) is 0. The van der Waals surface area contributed by atoms with Gasteiger partial charge in [-0.25, -0.2) is 0 Å². The van der Waals surface area contributed by atoms with Gasteiger partial charge in [-0.15, -0.1) is 0 Å². The summed E-state index contributed by atoms with van der Waals surface area (Å²) in [6, 6.07) is 0. The zero-order chi connectivity index (χ0) is 17.0. The maximum absolute atomic E-state index is 9.20. The lowest BCUT2D eigenvalue weighted by Crippen LogP contribution is -2.11. The van der Waals surface area contributed by atoms with E-state index in [1.165, 1.54) is 83.5 Å². The normalized spacial score (nSPS) is 13.0. The Kier molecular flexibility index (Phi) is 19.4. The molecule has 1 atom stereocenters. The fraction of sp³-hybridized carbons (Fsp3) is 0.857. The Hall–Kier alpha value is -0.340. The minimum Gasteiger partial charge on any atom is -0.394 e. The van der Waals surface area contributed by atoms with Crippen molar-refractivity contribution in [2.75, 3.05) is 6.61 Å². The molecule has 0 aliphatic carbocycles. The highest BCUT2D eigenvalue weighted by Gasteiger charge is 2.00. The SMILES string of the molecule is CCCCCCCC/C=C\CCCCCCC[CH]CC(O)CO. The summed E-state index contributed by atoms with van der Waals surface area (Å²) >= 11 is 0. The standard InChI is InChI=1S/C21H41O2/c1-2-3-4-5-6-7-8-9-10-11-12-13-14-15-16-17-18-19-21(23)20-22/h9-10,18,21-23H,2-8,11-17,19-20H2,1H3/b10-9-. The number of unbranched alkanes of at least 4 members (excludes halogenated alkanes) is 13. The minimum absolute atomic E-state index is 0.122. The summed E-state index contributed by atoms with van der Waals surface area (Å²) in [5.74, 6) is 0. The van der Waals surface area contributed by atoms with E-state index in [1.807, 2.05) is 0 Å². The van der Waals surface area contributed by atoms with E-state index in [4.69, 9.17) is 5.11 Å². The first kappa shape index (κ1) is 22.7. The van der Waals surface area contributed by atoms with E-state index in [2.05, 4.69) is 25.5 Å². The molecule has 0 amide bonds. The molecule has 0 aromatic rings. The van der Waals surface area contributed by atoms with Crippen LogP contribution in [0, 0.1) is 6.42 Å². The highest BCUT2D eigenvalue weighted by Crippen LogP contribution is 2.11. The summed E-state index contributed by atoms with van der Waals surface area (Å²) in [6.07, 6.45) is 25.3. The van der Waals surface area contributed by atoms with Gasteiger partial charge < -0.3 is 10.2 Å². The van der Waals surface area contributed by atoms with Crippen molar-refractivity contribution >= 4 is 0 Å². The molecule has 0 saturated carbocycles. The van der Waals surface area contributed by atoms with Gasteiger partial charge >= 0.3 is 0 Å². The lowest BCUT2D eigenvalue weighted by atomic mass is 10.1. The van der Waals surface area contributed by atoms with Crippen molar-refractivity contribution in [1.82, 2.24) is 0 Å². The van der Waals surface area contributed by atoms with E-state index < -0.39 is 6.10 Å². The molecule has 1 radical (unpaired) electrons. The lowest BCUT2D eigenvalue weighted by molar-refractivity contribution is 0.0940. The van der Waals surface area contributed by atoms with Crippen LogP contribution in [0.3, 0.4) is 0 Å². The molecule has 0 heterocycles. The van der Waals surface area contributed by atoms with Crippen LogP contribution in [0.1, 0.15) is 103 Å². The van der Waals surface area contributed by atoms with E-state index in [0.717, 1.165) is 6.42 Å². The maximum Gasteiger partial charge on any atom is 0.0773 e. The average molecular weight is 326 g/mol. The highest BCUT2D eigenvalue weighted by atomic mass is 16.3. The largest absolute Gasteiger partial charge is 0.394 e. The fourth-order valence-corrected chi connectivity index (χ4v) is 2.74. The predicted octanol–water partition coefficient (Wildman–Crippen LogP) is 5.97. The van der Waals surface area contributed by atoms with Gasteiger partial charge in [-0.1, -0.05) is 83.3 Å². The third-order valence-corrected chi connectivity index (χ3v) is 4.32. The minimum atomic E-state index is -0.557. The van der Waals surface area contributed by atoms with Crippen LogP contribution >= 0.6 is 0 Å². The van der Waals surface area contributed by atoms with Crippen molar-refractivity contribution in [3.63, 3.8) is 0 Å². The second-order valence-electron chi connectivity index (χ2n) is 6.73. The maximum atomic E-state index is 9.20. The molecular weight excluding hydrogens is 284 g/mol. The summed E-state index contributed by atoms with van der Waals surface area (Å²) in [5.41, 5.74) is 0. The van der Waals surface area contributed by atoms with E-state index in [9.17, 15) is 5.11 Å². The second-order valence-corrected chi connectivity index (χ2v) is 6.73. The molecular formula is C21H41O2. The van der Waals surface area contributed by atoms with Crippen molar-refractivity contribution in [2.45, 2.75) is 109 Å². The number of hydrogen-bond acceptors (Lipinski definition) is 2. The molecule has 2 heteroatoms. The van der Waals surface area contributed by atoms with Gasteiger partial charge in [0.05, 0.1) is 12.7 Å². The molecule has 0 rings (SSSR count). The molecule has 0 spiro atoms. The molecule has 0 fully saturated rings. The number of rotatable bonds is 18. The molecule has 1 unspecified atom stereocenters. The van der Waals surface area contributed by atoms with Crippen molar-refractivity contribution in [3.05, 3.63) is 18.6 Å². The first-order valence-electron chi connectivity index (χ1n) is 10.1. The Labute approximate surface area is 145 Å². The molecule has 2 nitrogen and oxygen atoms in total. The average Bonchev–Trinajstić information content (AvgIpc) is 2.57. The number of hydrogen-bond donors (Lipinski definition) is 2. The summed E-state index contributed by atoms with van der Waals surface area (Å²) in [4.78, 5) is 0. The van der Waals surface area contributed by atoms with Crippen LogP contribution in [-0.4, -0.2) is 22.9 Å².